The molecule has 10 nitrogen and oxygen atoms in total. The first-order chi connectivity index (χ1) is 20.8. The molecule has 6 heterocycles. The minimum absolute atomic E-state index is 0.0869. The van der Waals surface area contributed by atoms with E-state index in [1.54, 1.807) is 10.6 Å². The Kier molecular flexibility index (Phi) is 6.59. The van der Waals surface area contributed by atoms with Gasteiger partial charge in [-0.1, -0.05) is 43.3 Å². The molecule has 1 aromatic carbocycles. The summed E-state index contributed by atoms with van der Waals surface area (Å²) in [6, 6.07) is 18.3. The number of methoxy groups -OCH3 is 1. The maximum absolute atomic E-state index is 13.8. The van der Waals surface area contributed by atoms with E-state index in [9.17, 15) is 9.59 Å². The van der Waals surface area contributed by atoms with Crippen molar-refractivity contribution in [3.05, 3.63) is 83.4 Å². The van der Waals surface area contributed by atoms with E-state index in [1.165, 1.54) is 12.7 Å². The monoisotopic (exact) mass is 579 g/mol. The van der Waals surface area contributed by atoms with Crippen molar-refractivity contribution in [2.45, 2.75) is 50.5 Å². The number of carbonyl (C=O) groups excluding carboxylic acids is 2. The molecule has 3 saturated heterocycles. The average Bonchev–Trinajstić information content (AvgIpc) is 3.84. The molecule has 0 saturated carbocycles. The van der Waals surface area contributed by atoms with Gasteiger partial charge < -0.3 is 19.4 Å². The van der Waals surface area contributed by atoms with Gasteiger partial charge in [-0.25, -0.2) is 19.3 Å². The standard InChI is InChI=1S/C33H37N7O3/c1-23-19-25(37-17-14-32(2,21-37)24-9-5-4-6-10-24)20-40-29(23)35-28(36-40)30(41)38-18-15-33(22-38)13-8-16-39(33)27-12-7-11-26(34-27)31(42)43-3/h4-7,9-12,19-20H,8,13-18,21-22H2,1-3H3/t32-,33?/m0/s1. The largest absolute Gasteiger partial charge is 0.464 e. The quantitative estimate of drug-likeness (QED) is 0.324. The summed E-state index contributed by atoms with van der Waals surface area (Å²) in [6.45, 7) is 8.27. The Morgan fingerprint density at radius 1 is 0.930 bits per heavy atom. The van der Waals surface area contributed by atoms with Gasteiger partial charge in [-0.15, -0.1) is 5.10 Å². The molecular weight excluding hydrogens is 542 g/mol. The molecule has 2 atom stereocenters. The van der Waals surface area contributed by atoms with Crippen molar-refractivity contribution < 1.29 is 14.3 Å². The number of amides is 1. The molecule has 1 unspecified atom stereocenters. The summed E-state index contributed by atoms with van der Waals surface area (Å²) >= 11 is 0. The zero-order valence-electron chi connectivity index (χ0n) is 25.0. The van der Waals surface area contributed by atoms with E-state index in [4.69, 9.17) is 9.72 Å². The van der Waals surface area contributed by atoms with Gasteiger partial charge in [-0.3, -0.25) is 4.79 Å². The summed E-state index contributed by atoms with van der Waals surface area (Å²) in [7, 11) is 1.36. The van der Waals surface area contributed by atoms with Crippen LogP contribution in [0, 0.1) is 6.92 Å². The number of fused-ring (bicyclic) bond motifs is 1. The van der Waals surface area contributed by atoms with E-state index in [0.717, 1.165) is 62.4 Å². The number of carbonyl (C=O) groups is 2. The van der Waals surface area contributed by atoms with Gasteiger partial charge in [0.15, 0.2) is 11.3 Å². The van der Waals surface area contributed by atoms with Crippen LogP contribution in [-0.2, 0) is 10.2 Å². The van der Waals surface area contributed by atoms with E-state index in [0.29, 0.717) is 18.7 Å². The summed E-state index contributed by atoms with van der Waals surface area (Å²) in [6.07, 6.45) is 5.87. The highest BCUT2D eigenvalue weighted by Crippen LogP contribution is 2.41. The van der Waals surface area contributed by atoms with E-state index in [2.05, 4.69) is 63.2 Å². The number of hydrogen-bond acceptors (Lipinski definition) is 8. The molecule has 0 bridgehead atoms. The molecule has 0 radical (unpaired) electrons. The first-order valence-electron chi connectivity index (χ1n) is 15.1. The molecule has 3 aromatic heterocycles. The van der Waals surface area contributed by atoms with Crippen LogP contribution in [0.25, 0.3) is 5.65 Å². The number of hydrogen-bond donors (Lipinski definition) is 0. The number of benzene rings is 1. The first-order valence-corrected chi connectivity index (χ1v) is 15.1. The molecular formula is C33H37N7O3. The summed E-state index contributed by atoms with van der Waals surface area (Å²) < 4.78 is 6.64. The van der Waals surface area contributed by atoms with Gasteiger partial charge in [-0.05, 0) is 61.9 Å². The van der Waals surface area contributed by atoms with Gasteiger partial charge >= 0.3 is 5.97 Å². The molecule has 0 N–H and O–H groups in total. The Morgan fingerprint density at radius 2 is 1.77 bits per heavy atom. The molecule has 43 heavy (non-hydrogen) atoms. The van der Waals surface area contributed by atoms with Crippen molar-refractivity contribution in [3.63, 3.8) is 0 Å². The second kappa shape index (κ2) is 10.4. The summed E-state index contributed by atoms with van der Waals surface area (Å²) in [5.41, 5.74) is 4.31. The van der Waals surface area contributed by atoms with E-state index < -0.39 is 5.97 Å². The number of aromatic nitrogens is 4. The molecule has 7 rings (SSSR count). The number of esters is 1. The number of aryl methyl sites for hydroxylation is 1. The number of pyridine rings is 2. The van der Waals surface area contributed by atoms with Crippen molar-refractivity contribution in [1.82, 2.24) is 24.5 Å². The van der Waals surface area contributed by atoms with Crippen LogP contribution in [0.3, 0.4) is 0 Å². The van der Waals surface area contributed by atoms with Crippen molar-refractivity contribution in [2.75, 3.05) is 49.6 Å². The second-order valence-electron chi connectivity index (χ2n) is 12.5. The Bertz CT molecular complexity index is 1710. The van der Waals surface area contributed by atoms with E-state index in [-0.39, 0.29) is 28.4 Å². The average molecular weight is 580 g/mol. The van der Waals surface area contributed by atoms with Gasteiger partial charge in [0.05, 0.1) is 24.5 Å². The Labute approximate surface area is 251 Å². The minimum Gasteiger partial charge on any atom is -0.464 e. The summed E-state index contributed by atoms with van der Waals surface area (Å²) in [5, 5.41) is 4.69. The highest BCUT2D eigenvalue weighted by Gasteiger charge is 2.48. The van der Waals surface area contributed by atoms with Crippen LogP contribution in [-0.4, -0.2) is 81.7 Å². The summed E-state index contributed by atoms with van der Waals surface area (Å²) in [5.74, 6) is 0.365. The third kappa shape index (κ3) is 4.69. The first kappa shape index (κ1) is 27.4. The summed E-state index contributed by atoms with van der Waals surface area (Å²) in [4.78, 5) is 41.7. The van der Waals surface area contributed by atoms with Gasteiger partial charge in [0.1, 0.15) is 5.82 Å². The molecule has 3 aliphatic heterocycles. The van der Waals surface area contributed by atoms with Crippen molar-refractivity contribution in [3.8, 4) is 0 Å². The number of anilines is 2. The highest BCUT2D eigenvalue weighted by molar-refractivity contribution is 5.91. The van der Waals surface area contributed by atoms with Gasteiger partial charge in [-0.2, -0.15) is 0 Å². The van der Waals surface area contributed by atoms with E-state index in [1.807, 2.05) is 30.2 Å². The second-order valence-corrected chi connectivity index (χ2v) is 12.5. The fraction of sp³-hybridized carbons (Fsp3) is 0.424. The van der Waals surface area contributed by atoms with Crippen molar-refractivity contribution in [2.24, 2.45) is 0 Å². The van der Waals surface area contributed by atoms with Crippen LogP contribution in [0.5, 0.6) is 0 Å². The lowest BCUT2D eigenvalue weighted by Gasteiger charge is -2.36. The molecule has 3 fully saturated rings. The lowest BCUT2D eigenvalue weighted by molar-refractivity contribution is 0.0594. The minimum atomic E-state index is -0.454. The maximum atomic E-state index is 13.8. The van der Waals surface area contributed by atoms with E-state index >= 15 is 0 Å². The zero-order chi connectivity index (χ0) is 29.8. The van der Waals surface area contributed by atoms with Crippen LogP contribution in [0.2, 0.25) is 0 Å². The molecule has 0 aliphatic carbocycles. The number of likely N-dealkylation sites (tertiary alicyclic amines) is 1. The number of nitrogens with zero attached hydrogens (tertiary/aromatic N) is 7. The van der Waals surface area contributed by atoms with Crippen LogP contribution >= 0.6 is 0 Å². The fourth-order valence-corrected chi connectivity index (χ4v) is 7.34. The normalized spacial score (nSPS) is 23.6. The Morgan fingerprint density at radius 3 is 2.58 bits per heavy atom. The molecule has 3 aliphatic rings. The third-order valence-corrected chi connectivity index (χ3v) is 9.72. The molecule has 10 heteroatoms. The zero-order valence-corrected chi connectivity index (χ0v) is 25.0. The topological polar surface area (TPSA) is 96.2 Å². The predicted octanol–water partition coefficient (Wildman–Crippen LogP) is 4.27. The van der Waals surface area contributed by atoms with Gasteiger partial charge in [0.25, 0.3) is 5.91 Å². The van der Waals surface area contributed by atoms with Crippen LogP contribution in [0.1, 0.15) is 64.8 Å². The molecule has 222 valence electrons. The van der Waals surface area contributed by atoms with Crippen LogP contribution in [0.15, 0.2) is 60.8 Å². The van der Waals surface area contributed by atoms with Crippen LogP contribution < -0.4 is 9.80 Å². The maximum Gasteiger partial charge on any atom is 0.356 e. The number of ether oxygens (including phenoxy) is 1. The SMILES string of the molecule is COC(=O)c1cccc(N2CCCC23CCN(C(=O)c2nc4c(C)cc(N5CC[C@](C)(c6ccccc6)C5)cn4n2)C3)n1. The predicted molar refractivity (Wildman–Crippen MR) is 164 cm³/mol. The molecule has 1 amide bonds. The molecule has 4 aromatic rings. The van der Waals surface area contributed by atoms with Crippen LogP contribution in [0.4, 0.5) is 11.5 Å². The third-order valence-electron chi connectivity index (χ3n) is 9.72. The molecule has 1 spiro atoms. The van der Waals surface area contributed by atoms with Crippen molar-refractivity contribution in [1.29, 1.82) is 0 Å². The van der Waals surface area contributed by atoms with Gasteiger partial charge in [0, 0.05) is 38.1 Å². The smallest absolute Gasteiger partial charge is 0.356 e. The lowest BCUT2D eigenvalue weighted by Crippen LogP contribution is -2.47. The Hall–Kier alpha value is -4.47. The fourth-order valence-electron chi connectivity index (χ4n) is 7.34. The Balaban J connectivity index is 1.10. The van der Waals surface area contributed by atoms with Gasteiger partial charge in [0.2, 0.25) is 5.82 Å². The lowest BCUT2D eigenvalue weighted by atomic mass is 9.82. The van der Waals surface area contributed by atoms with Crippen molar-refractivity contribution >= 4 is 29.0 Å². The number of rotatable bonds is 5. The highest BCUT2D eigenvalue weighted by atomic mass is 16.5.